The normalized spacial score (nSPS) is 22.0. The average Bonchev–Trinajstić information content (AvgIpc) is 2.68. The minimum absolute atomic E-state index is 0.164. The van der Waals surface area contributed by atoms with Gasteiger partial charge in [0.25, 0.3) is 5.92 Å². The molecule has 0 amide bonds. The lowest BCUT2D eigenvalue weighted by Gasteiger charge is -2.33. The number of hydrogen-bond acceptors (Lipinski definition) is 4. The van der Waals surface area contributed by atoms with Crippen LogP contribution in [0.2, 0.25) is 0 Å². The van der Waals surface area contributed by atoms with Gasteiger partial charge in [0.05, 0.1) is 16.0 Å². The summed E-state index contributed by atoms with van der Waals surface area (Å²) in [7, 11) is 0. The molecule has 0 aromatic carbocycles. The molecule has 2 heterocycles. The number of nitrogens with zero attached hydrogens (tertiary/aromatic N) is 3. The van der Waals surface area contributed by atoms with Crippen LogP contribution in [0.25, 0.3) is 0 Å². The molecule has 92 valence electrons. The van der Waals surface area contributed by atoms with Crippen molar-refractivity contribution in [2.75, 3.05) is 13.1 Å². The average molecular weight is 257 g/mol. The van der Waals surface area contributed by atoms with Gasteiger partial charge in [-0.2, -0.15) is 5.26 Å². The standard InChI is InChI=1S/C11H13F2N3S/c1-8-15-7-10(17-8)9(6-14)16-4-2-11(12,13)3-5-16/h7,9H,2-5H2,1H3. The summed E-state index contributed by atoms with van der Waals surface area (Å²) in [6, 6.07) is 1.75. The number of piperidine rings is 1. The number of alkyl halides is 2. The second-order valence-electron chi connectivity index (χ2n) is 4.21. The van der Waals surface area contributed by atoms with E-state index in [0.717, 1.165) is 9.88 Å². The van der Waals surface area contributed by atoms with Crippen molar-refractivity contribution < 1.29 is 8.78 Å². The van der Waals surface area contributed by atoms with Crippen LogP contribution in [0.15, 0.2) is 6.20 Å². The molecule has 1 aromatic rings. The summed E-state index contributed by atoms with van der Waals surface area (Å²) in [6.45, 7) is 2.40. The van der Waals surface area contributed by atoms with Gasteiger partial charge in [-0.3, -0.25) is 4.90 Å². The number of thiazole rings is 1. The summed E-state index contributed by atoms with van der Waals surface area (Å²) in [5, 5.41) is 10.1. The first-order valence-electron chi connectivity index (χ1n) is 5.46. The van der Waals surface area contributed by atoms with Crippen LogP contribution in [0, 0.1) is 18.3 Å². The van der Waals surface area contributed by atoms with Gasteiger partial charge in [0.2, 0.25) is 0 Å². The third kappa shape index (κ3) is 2.79. The molecule has 0 bridgehead atoms. The van der Waals surface area contributed by atoms with Crippen molar-refractivity contribution in [3.05, 3.63) is 16.1 Å². The van der Waals surface area contributed by atoms with E-state index in [-0.39, 0.29) is 25.9 Å². The van der Waals surface area contributed by atoms with Crippen LogP contribution in [0.4, 0.5) is 8.78 Å². The van der Waals surface area contributed by atoms with Gasteiger partial charge in [0, 0.05) is 32.1 Å². The summed E-state index contributed by atoms with van der Waals surface area (Å²) in [6.07, 6.45) is 1.34. The first-order chi connectivity index (χ1) is 8.02. The quantitative estimate of drug-likeness (QED) is 0.818. The number of aromatic nitrogens is 1. The van der Waals surface area contributed by atoms with Crippen LogP contribution in [-0.4, -0.2) is 28.9 Å². The van der Waals surface area contributed by atoms with E-state index in [1.165, 1.54) is 11.3 Å². The minimum Gasteiger partial charge on any atom is -0.283 e. The van der Waals surface area contributed by atoms with E-state index in [1.54, 1.807) is 6.20 Å². The summed E-state index contributed by atoms with van der Waals surface area (Å²) >= 11 is 1.45. The number of rotatable bonds is 2. The van der Waals surface area contributed by atoms with E-state index in [1.807, 2.05) is 11.8 Å². The smallest absolute Gasteiger partial charge is 0.250 e. The van der Waals surface area contributed by atoms with Crippen LogP contribution in [-0.2, 0) is 0 Å². The molecule has 1 aliphatic rings. The monoisotopic (exact) mass is 257 g/mol. The second kappa shape index (κ2) is 4.67. The number of hydrogen-bond donors (Lipinski definition) is 0. The molecule has 17 heavy (non-hydrogen) atoms. The fraction of sp³-hybridized carbons (Fsp3) is 0.636. The van der Waals surface area contributed by atoms with E-state index in [9.17, 15) is 14.0 Å². The molecule has 3 nitrogen and oxygen atoms in total. The maximum absolute atomic E-state index is 13.0. The number of likely N-dealkylation sites (tertiary alicyclic amines) is 1. The molecule has 1 atom stereocenters. The fourth-order valence-electron chi connectivity index (χ4n) is 1.94. The van der Waals surface area contributed by atoms with E-state index in [2.05, 4.69) is 11.1 Å². The highest BCUT2D eigenvalue weighted by atomic mass is 32.1. The summed E-state index contributed by atoms with van der Waals surface area (Å²) in [5.41, 5.74) is 0. The highest BCUT2D eigenvalue weighted by Crippen LogP contribution is 2.33. The minimum atomic E-state index is -2.57. The fourth-order valence-corrected chi connectivity index (χ4v) is 2.80. The van der Waals surface area contributed by atoms with Crippen molar-refractivity contribution in [3.8, 4) is 6.07 Å². The Balaban J connectivity index is 2.08. The highest BCUT2D eigenvalue weighted by Gasteiger charge is 2.37. The van der Waals surface area contributed by atoms with Gasteiger partial charge in [0.15, 0.2) is 0 Å². The Labute approximate surface area is 103 Å². The van der Waals surface area contributed by atoms with Crippen LogP contribution in [0.1, 0.15) is 28.8 Å². The summed E-state index contributed by atoms with van der Waals surface area (Å²) in [5.74, 6) is -2.57. The molecule has 2 rings (SSSR count). The van der Waals surface area contributed by atoms with Crippen LogP contribution in [0.5, 0.6) is 0 Å². The van der Waals surface area contributed by atoms with Crippen molar-refractivity contribution in [2.24, 2.45) is 0 Å². The number of halogens is 2. The second-order valence-corrected chi connectivity index (χ2v) is 5.47. The van der Waals surface area contributed by atoms with E-state index < -0.39 is 12.0 Å². The van der Waals surface area contributed by atoms with E-state index in [0.29, 0.717) is 0 Å². The van der Waals surface area contributed by atoms with Crippen molar-refractivity contribution in [1.82, 2.24) is 9.88 Å². The zero-order valence-electron chi connectivity index (χ0n) is 9.49. The van der Waals surface area contributed by atoms with E-state index >= 15 is 0 Å². The molecule has 0 radical (unpaired) electrons. The lowest BCUT2D eigenvalue weighted by molar-refractivity contribution is -0.0592. The van der Waals surface area contributed by atoms with Crippen molar-refractivity contribution >= 4 is 11.3 Å². The largest absolute Gasteiger partial charge is 0.283 e. The summed E-state index contributed by atoms with van der Waals surface area (Å²) in [4.78, 5) is 6.75. The molecule has 1 aromatic heterocycles. The van der Waals surface area contributed by atoms with Gasteiger partial charge < -0.3 is 0 Å². The van der Waals surface area contributed by atoms with Gasteiger partial charge >= 0.3 is 0 Å². The maximum atomic E-state index is 13.0. The Kier molecular flexibility index (Phi) is 3.40. The Bertz CT molecular complexity index is 428. The Hall–Kier alpha value is -1.06. The third-order valence-corrected chi connectivity index (χ3v) is 3.89. The molecule has 0 saturated carbocycles. The lowest BCUT2D eigenvalue weighted by Crippen LogP contribution is -2.40. The number of nitriles is 1. The SMILES string of the molecule is Cc1ncc(C(C#N)N2CCC(F)(F)CC2)s1. The molecule has 1 saturated heterocycles. The maximum Gasteiger partial charge on any atom is 0.250 e. The molecule has 6 heteroatoms. The predicted molar refractivity (Wildman–Crippen MR) is 61.0 cm³/mol. The van der Waals surface area contributed by atoms with Gasteiger partial charge in [-0.15, -0.1) is 11.3 Å². The third-order valence-electron chi connectivity index (χ3n) is 2.93. The zero-order valence-corrected chi connectivity index (χ0v) is 10.3. The molecular weight excluding hydrogens is 244 g/mol. The highest BCUT2D eigenvalue weighted by molar-refractivity contribution is 7.11. The molecule has 1 unspecified atom stereocenters. The molecule has 0 N–H and O–H groups in total. The molecule has 1 aliphatic heterocycles. The zero-order chi connectivity index (χ0) is 12.5. The topological polar surface area (TPSA) is 39.9 Å². The molecule has 0 aliphatic carbocycles. The van der Waals surface area contributed by atoms with Gasteiger partial charge in [-0.25, -0.2) is 13.8 Å². The Morgan fingerprint density at radius 3 is 2.65 bits per heavy atom. The summed E-state index contributed by atoms with van der Waals surface area (Å²) < 4.78 is 26.1. The van der Waals surface area contributed by atoms with Crippen molar-refractivity contribution in [3.63, 3.8) is 0 Å². The van der Waals surface area contributed by atoms with Crippen molar-refractivity contribution in [2.45, 2.75) is 31.7 Å². The Morgan fingerprint density at radius 2 is 2.18 bits per heavy atom. The first-order valence-corrected chi connectivity index (χ1v) is 6.27. The lowest BCUT2D eigenvalue weighted by atomic mass is 10.0. The van der Waals surface area contributed by atoms with Gasteiger partial charge in [0.1, 0.15) is 6.04 Å². The van der Waals surface area contributed by atoms with Crippen LogP contribution < -0.4 is 0 Å². The van der Waals surface area contributed by atoms with E-state index in [4.69, 9.17) is 0 Å². The molecular formula is C11H13F2N3S. The van der Waals surface area contributed by atoms with Crippen molar-refractivity contribution in [1.29, 1.82) is 5.26 Å². The molecule has 1 fully saturated rings. The first kappa shape index (κ1) is 12.4. The van der Waals surface area contributed by atoms with Crippen LogP contribution in [0.3, 0.4) is 0 Å². The Morgan fingerprint density at radius 1 is 1.53 bits per heavy atom. The predicted octanol–water partition coefficient (Wildman–Crippen LogP) is 2.75. The molecule has 0 spiro atoms. The van der Waals surface area contributed by atoms with Crippen LogP contribution >= 0.6 is 11.3 Å². The van der Waals surface area contributed by atoms with Gasteiger partial charge in [-0.1, -0.05) is 0 Å². The van der Waals surface area contributed by atoms with Gasteiger partial charge in [-0.05, 0) is 6.92 Å². The number of aryl methyl sites for hydroxylation is 1.